The molecule has 7 heteroatoms. The molecular formula is C10H11N3O4. The van der Waals surface area contributed by atoms with Crippen LogP contribution in [0.5, 0.6) is 5.88 Å². The Kier molecular flexibility index (Phi) is 2.82. The first kappa shape index (κ1) is 11.2. The van der Waals surface area contributed by atoms with Gasteiger partial charge in [0.1, 0.15) is 12.0 Å². The Labute approximate surface area is 95.3 Å². The smallest absolute Gasteiger partial charge is 0.331 e. The zero-order valence-electron chi connectivity index (χ0n) is 9.14. The molecule has 0 aliphatic rings. The first-order valence-corrected chi connectivity index (χ1v) is 5.07. The molecule has 0 fully saturated rings. The van der Waals surface area contributed by atoms with Crippen molar-refractivity contribution in [2.75, 3.05) is 0 Å². The Hall–Kier alpha value is -2.31. The van der Waals surface area contributed by atoms with Crippen molar-refractivity contribution in [2.45, 2.75) is 19.9 Å². The molecule has 2 rings (SSSR count). The van der Waals surface area contributed by atoms with Crippen molar-refractivity contribution in [3.8, 4) is 5.88 Å². The fourth-order valence-electron chi connectivity index (χ4n) is 1.55. The second-order valence-electron chi connectivity index (χ2n) is 3.49. The maximum absolute atomic E-state index is 11.5. The topological polar surface area (TPSA) is 101 Å². The summed E-state index contributed by atoms with van der Waals surface area (Å²) in [4.78, 5) is 25.1. The van der Waals surface area contributed by atoms with Gasteiger partial charge in [-0.05, 0) is 6.42 Å². The molecule has 0 aromatic carbocycles. The molecule has 0 atom stereocenters. The predicted molar refractivity (Wildman–Crippen MR) is 58.0 cm³/mol. The number of aromatic amines is 1. The molecule has 0 spiro atoms. The maximum atomic E-state index is 11.5. The molecule has 2 aromatic heterocycles. The van der Waals surface area contributed by atoms with Crippen molar-refractivity contribution >= 4 is 0 Å². The monoisotopic (exact) mass is 237 g/mol. The van der Waals surface area contributed by atoms with Crippen LogP contribution in [-0.2, 0) is 13.0 Å². The van der Waals surface area contributed by atoms with Crippen molar-refractivity contribution in [3.05, 3.63) is 44.4 Å². The van der Waals surface area contributed by atoms with E-state index < -0.39 is 11.2 Å². The molecule has 0 bridgehead atoms. The molecule has 0 saturated heterocycles. The fraction of sp³-hybridized carbons (Fsp3) is 0.300. The van der Waals surface area contributed by atoms with Crippen LogP contribution >= 0.6 is 0 Å². The van der Waals surface area contributed by atoms with Crippen molar-refractivity contribution in [1.29, 1.82) is 0 Å². The van der Waals surface area contributed by atoms with Gasteiger partial charge in [-0.15, -0.1) is 0 Å². The molecule has 0 amide bonds. The molecule has 17 heavy (non-hydrogen) atoms. The molecule has 0 aliphatic heterocycles. The summed E-state index contributed by atoms with van der Waals surface area (Å²) < 4.78 is 5.67. The highest BCUT2D eigenvalue weighted by Crippen LogP contribution is 2.11. The Morgan fingerprint density at radius 3 is 2.88 bits per heavy atom. The minimum absolute atomic E-state index is 0.0466. The van der Waals surface area contributed by atoms with Crippen molar-refractivity contribution in [3.63, 3.8) is 0 Å². The maximum Gasteiger partial charge on any atom is 0.331 e. The summed E-state index contributed by atoms with van der Waals surface area (Å²) in [6.07, 6.45) is 1.70. The van der Waals surface area contributed by atoms with Crippen LogP contribution in [-0.4, -0.2) is 19.8 Å². The molecule has 2 aromatic rings. The summed E-state index contributed by atoms with van der Waals surface area (Å²) in [7, 11) is 0. The van der Waals surface area contributed by atoms with E-state index in [0.29, 0.717) is 12.1 Å². The Bertz CT molecular complexity index is 624. The molecule has 90 valence electrons. The Morgan fingerprint density at radius 1 is 1.53 bits per heavy atom. The van der Waals surface area contributed by atoms with Gasteiger partial charge in [0.2, 0.25) is 5.88 Å². The van der Waals surface area contributed by atoms with Gasteiger partial charge in [0.05, 0.1) is 12.1 Å². The molecule has 0 radical (unpaired) electrons. The lowest BCUT2D eigenvalue weighted by molar-refractivity contribution is 0.387. The van der Waals surface area contributed by atoms with E-state index in [1.807, 2.05) is 0 Å². The van der Waals surface area contributed by atoms with Crippen LogP contribution in [0.4, 0.5) is 0 Å². The van der Waals surface area contributed by atoms with E-state index in [-0.39, 0.29) is 18.0 Å². The average Bonchev–Trinajstić information content (AvgIpc) is 2.77. The lowest BCUT2D eigenvalue weighted by Gasteiger charge is -2.08. The van der Waals surface area contributed by atoms with Crippen molar-refractivity contribution < 1.29 is 9.63 Å². The first-order valence-electron chi connectivity index (χ1n) is 5.07. The van der Waals surface area contributed by atoms with E-state index in [1.165, 1.54) is 6.26 Å². The van der Waals surface area contributed by atoms with Gasteiger partial charge >= 0.3 is 5.69 Å². The molecular weight excluding hydrogens is 226 g/mol. The summed E-state index contributed by atoms with van der Waals surface area (Å²) in [5, 5.41) is 13.5. The lowest BCUT2D eigenvalue weighted by Crippen LogP contribution is -2.32. The van der Waals surface area contributed by atoms with E-state index >= 15 is 0 Å². The quantitative estimate of drug-likeness (QED) is 0.772. The van der Waals surface area contributed by atoms with Crippen LogP contribution in [0, 0.1) is 0 Å². The van der Waals surface area contributed by atoms with Gasteiger partial charge in [0.25, 0.3) is 5.56 Å². The van der Waals surface area contributed by atoms with E-state index in [1.54, 1.807) is 13.0 Å². The minimum Gasteiger partial charge on any atom is -0.494 e. The number of nitrogens with zero attached hydrogens (tertiary/aromatic N) is 2. The number of aromatic nitrogens is 3. The predicted octanol–water partition coefficient (Wildman–Crippen LogP) is -0.159. The molecule has 0 saturated carbocycles. The summed E-state index contributed by atoms with van der Waals surface area (Å²) in [6, 6.07) is 1.57. The van der Waals surface area contributed by atoms with Gasteiger partial charge in [-0.3, -0.25) is 14.3 Å². The third-order valence-corrected chi connectivity index (χ3v) is 2.43. The number of hydrogen-bond donors (Lipinski definition) is 2. The average molecular weight is 237 g/mol. The number of aromatic hydroxyl groups is 1. The zero-order chi connectivity index (χ0) is 12.4. The van der Waals surface area contributed by atoms with Crippen molar-refractivity contribution in [2.24, 2.45) is 0 Å². The SMILES string of the molecule is CCc1c(O)n(Cc2ccon2)c(=O)[nH]c1=O. The second-order valence-corrected chi connectivity index (χ2v) is 3.49. The van der Waals surface area contributed by atoms with Crippen LogP contribution in [0.2, 0.25) is 0 Å². The van der Waals surface area contributed by atoms with E-state index in [0.717, 1.165) is 4.57 Å². The lowest BCUT2D eigenvalue weighted by atomic mass is 10.2. The van der Waals surface area contributed by atoms with E-state index in [9.17, 15) is 14.7 Å². The van der Waals surface area contributed by atoms with Gasteiger partial charge in [-0.25, -0.2) is 4.79 Å². The molecule has 2 heterocycles. The summed E-state index contributed by atoms with van der Waals surface area (Å²) in [5.41, 5.74) is -0.580. The molecule has 0 unspecified atom stereocenters. The Morgan fingerprint density at radius 2 is 2.29 bits per heavy atom. The Balaban J connectivity index is 2.54. The number of H-pyrrole nitrogens is 1. The minimum atomic E-state index is -0.673. The number of hydrogen-bond acceptors (Lipinski definition) is 5. The van der Waals surface area contributed by atoms with Gasteiger partial charge < -0.3 is 9.63 Å². The highest BCUT2D eigenvalue weighted by molar-refractivity contribution is 5.23. The van der Waals surface area contributed by atoms with Gasteiger partial charge in [-0.1, -0.05) is 12.1 Å². The zero-order valence-corrected chi connectivity index (χ0v) is 9.14. The summed E-state index contributed by atoms with van der Waals surface area (Å²) in [5.74, 6) is -0.329. The third kappa shape index (κ3) is 1.99. The molecule has 0 aliphatic carbocycles. The largest absolute Gasteiger partial charge is 0.494 e. The highest BCUT2D eigenvalue weighted by Gasteiger charge is 2.13. The standard InChI is InChI=1S/C10H11N3O4/c1-2-7-8(14)11-10(16)13(9(7)15)5-6-3-4-17-12-6/h3-4,15H,2,5H2,1H3,(H,11,14,16). The fourth-order valence-corrected chi connectivity index (χ4v) is 1.55. The number of nitrogens with one attached hydrogen (secondary N) is 1. The van der Waals surface area contributed by atoms with Gasteiger partial charge in [0, 0.05) is 6.07 Å². The van der Waals surface area contributed by atoms with Crippen LogP contribution in [0.1, 0.15) is 18.2 Å². The van der Waals surface area contributed by atoms with Crippen LogP contribution in [0.3, 0.4) is 0 Å². The van der Waals surface area contributed by atoms with Crippen LogP contribution < -0.4 is 11.2 Å². The van der Waals surface area contributed by atoms with Crippen molar-refractivity contribution in [1.82, 2.24) is 14.7 Å². The van der Waals surface area contributed by atoms with E-state index in [4.69, 9.17) is 0 Å². The van der Waals surface area contributed by atoms with Crippen LogP contribution in [0.25, 0.3) is 0 Å². The normalized spacial score (nSPS) is 10.6. The highest BCUT2D eigenvalue weighted by atomic mass is 16.5. The van der Waals surface area contributed by atoms with E-state index in [2.05, 4.69) is 14.7 Å². The van der Waals surface area contributed by atoms with Gasteiger partial charge in [-0.2, -0.15) is 0 Å². The third-order valence-electron chi connectivity index (χ3n) is 2.43. The first-order chi connectivity index (χ1) is 8.13. The molecule has 7 nitrogen and oxygen atoms in total. The second kappa shape index (κ2) is 4.28. The van der Waals surface area contributed by atoms with Crippen LogP contribution in [0.15, 0.2) is 26.4 Å². The summed E-state index contributed by atoms with van der Waals surface area (Å²) in [6.45, 7) is 1.76. The number of rotatable bonds is 3. The van der Waals surface area contributed by atoms with Gasteiger partial charge in [0.15, 0.2) is 0 Å². The molecule has 2 N–H and O–H groups in total. The summed E-state index contributed by atoms with van der Waals surface area (Å²) >= 11 is 0.